The maximum atomic E-state index is 11.6. The Morgan fingerprint density at radius 3 is 3.00 bits per heavy atom. The van der Waals surface area contributed by atoms with E-state index in [9.17, 15) is 9.59 Å². The van der Waals surface area contributed by atoms with Crippen LogP contribution in [0.25, 0.3) is 0 Å². The minimum Gasteiger partial charge on any atom is -0.383 e. The Balaban J connectivity index is 2.30. The number of hydrogen-bond acceptors (Lipinski definition) is 6. The van der Waals surface area contributed by atoms with Gasteiger partial charge in [0, 0.05) is 19.9 Å². The van der Waals surface area contributed by atoms with Crippen molar-refractivity contribution in [2.45, 2.75) is 19.4 Å². The van der Waals surface area contributed by atoms with E-state index in [1.54, 1.807) is 6.20 Å². The first-order valence-electron chi connectivity index (χ1n) is 6.31. The lowest BCUT2D eigenvalue weighted by atomic mass is 10.2. The monoisotopic (exact) mass is 284 g/mol. The number of nitrogens with two attached hydrogens (primary N) is 1. The molecular formula is C11H20N6O3. The van der Waals surface area contributed by atoms with E-state index in [0.29, 0.717) is 19.7 Å². The highest BCUT2D eigenvalue weighted by Gasteiger charge is 2.09. The molecule has 0 saturated carbocycles. The molecule has 0 unspecified atom stereocenters. The van der Waals surface area contributed by atoms with Gasteiger partial charge < -0.3 is 15.8 Å². The van der Waals surface area contributed by atoms with Crippen LogP contribution in [0.1, 0.15) is 12.1 Å². The van der Waals surface area contributed by atoms with Crippen LogP contribution in [0.2, 0.25) is 0 Å². The van der Waals surface area contributed by atoms with Crippen LogP contribution in [0, 0.1) is 0 Å². The number of ether oxygens (including phenoxy) is 1. The quantitative estimate of drug-likeness (QED) is 0.507. The fraction of sp³-hybridized carbons (Fsp3) is 0.636. The number of methoxy groups -OCH3 is 1. The predicted molar refractivity (Wildman–Crippen MR) is 70.8 cm³/mol. The van der Waals surface area contributed by atoms with Gasteiger partial charge in [0.2, 0.25) is 5.91 Å². The summed E-state index contributed by atoms with van der Waals surface area (Å²) in [5.74, 6) is -0.463. The van der Waals surface area contributed by atoms with Gasteiger partial charge in [-0.05, 0) is 19.4 Å². The lowest BCUT2D eigenvalue weighted by Crippen LogP contribution is -2.42. The third-order valence-electron chi connectivity index (χ3n) is 2.37. The number of nitrogens with one attached hydrogen (secondary N) is 2. The van der Waals surface area contributed by atoms with Crippen molar-refractivity contribution < 1.29 is 14.3 Å². The van der Waals surface area contributed by atoms with Crippen molar-refractivity contribution in [1.29, 1.82) is 0 Å². The highest BCUT2D eigenvalue weighted by molar-refractivity contribution is 5.94. The number of imide groups is 1. The van der Waals surface area contributed by atoms with Crippen molar-refractivity contribution in [2.75, 3.05) is 26.8 Å². The van der Waals surface area contributed by atoms with Gasteiger partial charge in [0.15, 0.2) is 0 Å². The third kappa shape index (κ3) is 6.25. The van der Waals surface area contributed by atoms with Crippen LogP contribution in [-0.2, 0) is 22.5 Å². The van der Waals surface area contributed by atoms with Crippen molar-refractivity contribution in [2.24, 2.45) is 5.73 Å². The molecule has 3 amide bonds. The molecule has 0 atom stereocenters. The van der Waals surface area contributed by atoms with E-state index in [-0.39, 0.29) is 6.54 Å². The van der Waals surface area contributed by atoms with E-state index in [0.717, 1.165) is 18.5 Å². The molecule has 9 heteroatoms. The maximum absolute atomic E-state index is 11.6. The number of hydrogen-bond donors (Lipinski definition) is 3. The van der Waals surface area contributed by atoms with Crippen LogP contribution >= 0.6 is 0 Å². The van der Waals surface area contributed by atoms with Crippen molar-refractivity contribution in [3.8, 4) is 0 Å². The van der Waals surface area contributed by atoms with E-state index in [1.165, 1.54) is 11.8 Å². The highest BCUT2D eigenvalue weighted by Crippen LogP contribution is 1.96. The molecule has 0 aliphatic rings. The van der Waals surface area contributed by atoms with Gasteiger partial charge in [-0.25, -0.2) is 9.48 Å². The van der Waals surface area contributed by atoms with E-state index < -0.39 is 11.9 Å². The van der Waals surface area contributed by atoms with Crippen LogP contribution in [0.4, 0.5) is 4.79 Å². The molecule has 0 fully saturated rings. The number of rotatable bonds is 8. The number of carbonyl (C=O) groups is 2. The van der Waals surface area contributed by atoms with E-state index in [2.05, 4.69) is 20.9 Å². The minimum absolute atomic E-state index is 0.0622. The topological polar surface area (TPSA) is 124 Å². The second kappa shape index (κ2) is 8.99. The normalized spacial score (nSPS) is 10.3. The van der Waals surface area contributed by atoms with Gasteiger partial charge >= 0.3 is 6.03 Å². The first-order chi connectivity index (χ1) is 9.65. The maximum Gasteiger partial charge on any atom is 0.321 e. The molecule has 1 rings (SSSR count). The van der Waals surface area contributed by atoms with Gasteiger partial charge in [-0.3, -0.25) is 10.1 Å². The molecule has 0 aliphatic heterocycles. The molecule has 4 N–H and O–H groups in total. The number of aromatic nitrogens is 3. The lowest BCUT2D eigenvalue weighted by Gasteiger charge is -2.05. The van der Waals surface area contributed by atoms with Gasteiger partial charge in [-0.15, -0.1) is 5.10 Å². The molecule has 20 heavy (non-hydrogen) atoms. The van der Waals surface area contributed by atoms with Crippen molar-refractivity contribution in [1.82, 2.24) is 25.6 Å². The summed E-state index contributed by atoms with van der Waals surface area (Å²) in [7, 11) is 1.53. The first kappa shape index (κ1) is 16.1. The second-order valence-corrected chi connectivity index (χ2v) is 4.10. The molecular weight excluding hydrogens is 264 g/mol. The summed E-state index contributed by atoms with van der Waals surface area (Å²) >= 11 is 0. The lowest BCUT2D eigenvalue weighted by molar-refractivity contribution is -0.120. The summed E-state index contributed by atoms with van der Waals surface area (Å²) in [5.41, 5.74) is 6.17. The largest absolute Gasteiger partial charge is 0.383 e. The van der Waals surface area contributed by atoms with Crippen LogP contribution in [-0.4, -0.2) is 53.7 Å². The van der Waals surface area contributed by atoms with Gasteiger partial charge in [0.1, 0.15) is 6.54 Å². The Bertz CT molecular complexity index is 434. The number of urea groups is 1. The SMILES string of the molecule is COCCNC(=O)NC(=O)Cn1cc(CCCN)nn1. The zero-order valence-electron chi connectivity index (χ0n) is 11.5. The summed E-state index contributed by atoms with van der Waals surface area (Å²) in [6.07, 6.45) is 3.19. The Kier molecular flexibility index (Phi) is 7.22. The number of nitrogens with zero attached hydrogens (tertiary/aromatic N) is 3. The molecule has 0 radical (unpaired) electrons. The van der Waals surface area contributed by atoms with Gasteiger partial charge in [-0.1, -0.05) is 5.21 Å². The molecule has 1 aromatic rings. The first-order valence-corrected chi connectivity index (χ1v) is 6.31. The smallest absolute Gasteiger partial charge is 0.321 e. The van der Waals surface area contributed by atoms with Gasteiger partial charge in [-0.2, -0.15) is 0 Å². The Morgan fingerprint density at radius 2 is 2.30 bits per heavy atom. The molecule has 0 aromatic carbocycles. The zero-order chi connectivity index (χ0) is 14.8. The average molecular weight is 284 g/mol. The van der Waals surface area contributed by atoms with Crippen molar-refractivity contribution in [3.05, 3.63) is 11.9 Å². The second-order valence-electron chi connectivity index (χ2n) is 4.10. The average Bonchev–Trinajstić information content (AvgIpc) is 2.84. The summed E-state index contributed by atoms with van der Waals surface area (Å²) < 4.78 is 6.15. The molecule has 0 saturated heterocycles. The number of carbonyl (C=O) groups excluding carboxylic acids is 2. The van der Waals surface area contributed by atoms with Crippen molar-refractivity contribution in [3.63, 3.8) is 0 Å². The molecule has 0 aliphatic carbocycles. The Labute approximate surface area is 116 Å². The van der Waals surface area contributed by atoms with E-state index in [1.807, 2.05) is 0 Å². The fourth-order valence-corrected chi connectivity index (χ4v) is 1.44. The van der Waals surface area contributed by atoms with Crippen LogP contribution in [0.3, 0.4) is 0 Å². The van der Waals surface area contributed by atoms with E-state index in [4.69, 9.17) is 10.5 Å². The molecule has 1 heterocycles. The zero-order valence-corrected chi connectivity index (χ0v) is 11.5. The third-order valence-corrected chi connectivity index (χ3v) is 2.37. The van der Waals surface area contributed by atoms with Crippen LogP contribution < -0.4 is 16.4 Å². The summed E-state index contributed by atoms with van der Waals surface area (Å²) in [6.45, 7) is 1.24. The molecule has 112 valence electrons. The molecule has 9 nitrogen and oxygen atoms in total. The van der Waals surface area contributed by atoms with E-state index >= 15 is 0 Å². The van der Waals surface area contributed by atoms with Crippen molar-refractivity contribution >= 4 is 11.9 Å². The molecule has 0 spiro atoms. The van der Waals surface area contributed by atoms with Crippen LogP contribution in [0.5, 0.6) is 0 Å². The van der Waals surface area contributed by atoms with Gasteiger partial charge in [0.05, 0.1) is 12.3 Å². The molecule has 1 aromatic heterocycles. The minimum atomic E-state index is -0.560. The summed E-state index contributed by atoms with van der Waals surface area (Å²) in [6, 6.07) is -0.560. The standard InChI is InChI=1S/C11H20N6O3/c1-20-6-5-13-11(19)14-10(18)8-17-7-9(15-16-17)3-2-4-12/h7H,2-6,8,12H2,1H3,(H2,13,14,18,19). The summed E-state index contributed by atoms with van der Waals surface area (Å²) in [4.78, 5) is 22.9. The number of aryl methyl sites for hydroxylation is 1. The van der Waals surface area contributed by atoms with Crippen LogP contribution in [0.15, 0.2) is 6.20 Å². The highest BCUT2D eigenvalue weighted by atomic mass is 16.5. The predicted octanol–water partition coefficient (Wildman–Crippen LogP) is -1.36. The number of amides is 3. The Morgan fingerprint density at radius 1 is 1.50 bits per heavy atom. The summed E-state index contributed by atoms with van der Waals surface area (Å²) in [5, 5.41) is 12.4. The Hall–Kier alpha value is -2.00. The molecule has 0 bridgehead atoms. The fourth-order valence-electron chi connectivity index (χ4n) is 1.44. The van der Waals surface area contributed by atoms with Gasteiger partial charge in [0.25, 0.3) is 0 Å².